The summed E-state index contributed by atoms with van der Waals surface area (Å²) in [4.78, 5) is 4.12. The lowest BCUT2D eigenvalue weighted by Gasteiger charge is -2.15. The Labute approximate surface area is 90.4 Å². The van der Waals surface area contributed by atoms with E-state index < -0.39 is 0 Å². The van der Waals surface area contributed by atoms with Gasteiger partial charge in [-0.05, 0) is 33.6 Å². The van der Waals surface area contributed by atoms with E-state index in [1.54, 1.807) is 6.20 Å². The van der Waals surface area contributed by atoms with Gasteiger partial charge in [-0.1, -0.05) is 0 Å². The highest BCUT2D eigenvalue weighted by Gasteiger charge is 2.26. The largest absolute Gasteiger partial charge is 0.486 e. The van der Waals surface area contributed by atoms with Gasteiger partial charge in [-0.2, -0.15) is 0 Å². The molecule has 1 heterocycles. The van der Waals surface area contributed by atoms with E-state index in [1.807, 2.05) is 27.0 Å². The molecule has 0 aromatic carbocycles. The van der Waals surface area contributed by atoms with Crippen LogP contribution in [0.3, 0.4) is 0 Å². The number of hydrogen-bond acceptors (Lipinski definition) is 3. The highest BCUT2D eigenvalue weighted by molar-refractivity contribution is 5.43. The van der Waals surface area contributed by atoms with Gasteiger partial charge >= 0.3 is 0 Å². The van der Waals surface area contributed by atoms with Crippen molar-refractivity contribution in [2.24, 2.45) is 0 Å². The molecule has 2 rings (SSSR count). The summed E-state index contributed by atoms with van der Waals surface area (Å²) in [5.74, 6) is 1.62. The first kappa shape index (κ1) is 10.3. The summed E-state index contributed by atoms with van der Waals surface area (Å²) >= 11 is 0. The molecule has 3 nitrogen and oxygen atoms in total. The summed E-state index contributed by atoms with van der Waals surface area (Å²) < 4.78 is 11.5. The van der Waals surface area contributed by atoms with Gasteiger partial charge in [-0.3, -0.25) is 4.98 Å². The average Bonchev–Trinajstić information content (AvgIpc) is 2.94. The van der Waals surface area contributed by atoms with Gasteiger partial charge in [0.1, 0.15) is 0 Å². The first-order chi connectivity index (χ1) is 7.16. The van der Waals surface area contributed by atoms with Crippen molar-refractivity contribution in [3.05, 3.63) is 18.0 Å². The van der Waals surface area contributed by atoms with Crippen molar-refractivity contribution in [1.82, 2.24) is 4.98 Å². The fourth-order valence-electron chi connectivity index (χ4n) is 1.37. The lowest BCUT2D eigenvalue weighted by atomic mass is 10.2. The standard InChI is InChI=1S/C12H17NO2/c1-8(2)14-11-7-13-6-9(3)12(11)15-10-4-5-10/h6-8,10H,4-5H2,1-3H3. The quantitative estimate of drug-likeness (QED) is 0.760. The number of pyridine rings is 1. The van der Waals surface area contributed by atoms with Crippen LogP contribution in [0.15, 0.2) is 12.4 Å². The highest BCUT2D eigenvalue weighted by atomic mass is 16.5. The zero-order valence-electron chi connectivity index (χ0n) is 9.49. The van der Waals surface area contributed by atoms with Gasteiger partial charge in [-0.25, -0.2) is 0 Å². The maximum absolute atomic E-state index is 5.82. The van der Waals surface area contributed by atoms with Gasteiger partial charge in [0.05, 0.1) is 18.4 Å². The Morgan fingerprint density at radius 1 is 1.33 bits per heavy atom. The minimum atomic E-state index is 0.148. The van der Waals surface area contributed by atoms with E-state index >= 15 is 0 Å². The minimum Gasteiger partial charge on any atom is -0.486 e. The summed E-state index contributed by atoms with van der Waals surface area (Å²) in [6, 6.07) is 0. The van der Waals surface area contributed by atoms with Crippen LogP contribution in [0.5, 0.6) is 11.5 Å². The Morgan fingerprint density at radius 2 is 2.07 bits per heavy atom. The molecule has 1 aromatic heterocycles. The Balaban J connectivity index is 2.21. The molecule has 15 heavy (non-hydrogen) atoms. The van der Waals surface area contributed by atoms with Gasteiger partial charge in [0, 0.05) is 11.8 Å². The molecule has 0 amide bonds. The topological polar surface area (TPSA) is 31.4 Å². The van der Waals surface area contributed by atoms with Crippen molar-refractivity contribution < 1.29 is 9.47 Å². The smallest absolute Gasteiger partial charge is 0.180 e. The van der Waals surface area contributed by atoms with Crippen LogP contribution >= 0.6 is 0 Å². The summed E-state index contributed by atoms with van der Waals surface area (Å²) in [6.07, 6.45) is 6.39. The molecule has 1 aliphatic rings. The maximum Gasteiger partial charge on any atom is 0.180 e. The van der Waals surface area contributed by atoms with E-state index in [0.717, 1.165) is 29.9 Å². The number of rotatable bonds is 4. The third kappa shape index (κ3) is 2.61. The second-order valence-corrected chi connectivity index (χ2v) is 4.27. The second kappa shape index (κ2) is 4.09. The predicted molar refractivity (Wildman–Crippen MR) is 58.4 cm³/mol. The monoisotopic (exact) mass is 207 g/mol. The average molecular weight is 207 g/mol. The van der Waals surface area contributed by atoms with Crippen molar-refractivity contribution in [2.45, 2.75) is 45.8 Å². The lowest BCUT2D eigenvalue weighted by molar-refractivity contribution is 0.216. The van der Waals surface area contributed by atoms with Crippen molar-refractivity contribution in [1.29, 1.82) is 0 Å². The van der Waals surface area contributed by atoms with E-state index in [2.05, 4.69) is 4.98 Å². The Bertz CT molecular complexity index is 345. The first-order valence-corrected chi connectivity index (χ1v) is 5.44. The zero-order chi connectivity index (χ0) is 10.8. The maximum atomic E-state index is 5.82. The number of nitrogens with zero attached hydrogens (tertiary/aromatic N) is 1. The van der Waals surface area contributed by atoms with Crippen LogP contribution in [0.2, 0.25) is 0 Å². The van der Waals surface area contributed by atoms with Crippen LogP contribution in [0.25, 0.3) is 0 Å². The Kier molecular flexibility index (Phi) is 2.80. The van der Waals surface area contributed by atoms with Crippen LogP contribution in [-0.2, 0) is 0 Å². The molecular formula is C12H17NO2. The minimum absolute atomic E-state index is 0.148. The molecule has 0 spiro atoms. The first-order valence-electron chi connectivity index (χ1n) is 5.44. The van der Waals surface area contributed by atoms with Crippen LogP contribution in [0.4, 0.5) is 0 Å². The molecule has 1 fully saturated rings. The third-order valence-corrected chi connectivity index (χ3v) is 2.21. The molecule has 0 bridgehead atoms. The number of hydrogen-bond donors (Lipinski definition) is 0. The van der Waals surface area contributed by atoms with Crippen LogP contribution in [0, 0.1) is 6.92 Å². The lowest BCUT2D eigenvalue weighted by Crippen LogP contribution is -2.09. The van der Waals surface area contributed by atoms with Crippen molar-refractivity contribution in [3.8, 4) is 11.5 Å². The summed E-state index contributed by atoms with van der Waals surface area (Å²) in [5, 5.41) is 0. The van der Waals surface area contributed by atoms with E-state index in [4.69, 9.17) is 9.47 Å². The SMILES string of the molecule is Cc1cncc(OC(C)C)c1OC1CC1. The summed E-state index contributed by atoms with van der Waals surface area (Å²) in [6.45, 7) is 6.00. The third-order valence-electron chi connectivity index (χ3n) is 2.21. The van der Waals surface area contributed by atoms with Crippen LogP contribution in [-0.4, -0.2) is 17.2 Å². The van der Waals surface area contributed by atoms with E-state index in [1.165, 1.54) is 0 Å². The summed E-state index contributed by atoms with van der Waals surface area (Å²) in [7, 11) is 0. The normalized spacial score (nSPS) is 15.5. The van der Waals surface area contributed by atoms with E-state index in [-0.39, 0.29) is 6.10 Å². The van der Waals surface area contributed by atoms with Gasteiger partial charge in [-0.15, -0.1) is 0 Å². The molecule has 0 radical (unpaired) electrons. The number of aromatic nitrogens is 1. The van der Waals surface area contributed by atoms with E-state index in [0.29, 0.717) is 6.10 Å². The Morgan fingerprint density at radius 3 is 2.67 bits per heavy atom. The fourth-order valence-corrected chi connectivity index (χ4v) is 1.37. The molecule has 0 aliphatic heterocycles. The second-order valence-electron chi connectivity index (χ2n) is 4.27. The molecule has 82 valence electrons. The highest BCUT2D eigenvalue weighted by Crippen LogP contribution is 2.35. The molecule has 1 aliphatic carbocycles. The molecule has 3 heteroatoms. The zero-order valence-corrected chi connectivity index (χ0v) is 9.49. The molecular weight excluding hydrogens is 190 g/mol. The molecule has 0 N–H and O–H groups in total. The fraction of sp³-hybridized carbons (Fsp3) is 0.583. The van der Waals surface area contributed by atoms with Crippen molar-refractivity contribution >= 4 is 0 Å². The molecule has 0 unspecified atom stereocenters. The predicted octanol–water partition coefficient (Wildman–Crippen LogP) is 2.72. The molecule has 1 saturated carbocycles. The Hall–Kier alpha value is -1.25. The van der Waals surface area contributed by atoms with Crippen molar-refractivity contribution in [3.63, 3.8) is 0 Å². The van der Waals surface area contributed by atoms with Gasteiger partial charge in [0.15, 0.2) is 11.5 Å². The van der Waals surface area contributed by atoms with Crippen LogP contribution in [0.1, 0.15) is 32.3 Å². The molecule has 0 saturated heterocycles. The van der Waals surface area contributed by atoms with Gasteiger partial charge in [0.2, 0.25) is 0 Å². The molecule has 0 atom stereocenters. The van der Waals surface area contributed by atoms with E-state index in [9.17, 15) is 0 Å². The summed E-state index contributed by atoms with van der Waals surface area (Å²) in [5.41, 5.74) is 1.04. The van der Waals surface area contributed by atoms with Crippen LogP contribution < -0.4 is 9.47 Å². The van der Waals surface area contributed by atoms with Crippen molar-refractivity contribution in [2.75, 3.05) is 0 Å². The number of aryl methyl sites for hydroxylation is 1. The molecule has 1 aromatic rings. The van der Waals surface area contributed by atoms with Gasteiger partial charge in [0.25, 0.3) is 0 Å². The number of ether oxygens (including phenoxy) is 2. The van der Waals surface area contributed by atoms with Gasteiger partial charge < -0.3 is 9.47 Å².